The molecule has 0 bridgehead atoms. The van der Waals surface area contributed by atoms with E-state index in [1.807, 2.05) is 0 Å². The smallest absolute Gasteiger partial charge is 0.0380 e. The van der Waals surface area contributed by atoms with Crippen molar-refractivity contribution in [2.75, 3.05) is 0 Å². The predicted molar refractivity (Wildman–Crippen MR) is 89.1 cm³/mol. The summed E-state index contributed by atoms with van der Waals surface area (Å²) < 4.78 is 0. The fourth-order valence-corrected chi connectivity index (χ4v) is 1.22. The summed E-state index contributed by atoms with van der Waals surface area (Å²) in [5.41, 5.74) is 0.522. The number of rotatable bonds is 2. The van der Waals surface area contributed by atoms with Crippen LogP contribution in [0.2, 0.25) is 0 Å². The molecule has 0 heteroatoms. The van der Waals surface area contributed by atoms with E-state index >= 15 is 0 Å². The van der Waals surface area contributed by atoms with Gasteiger partial charge in [0.1, 0.15) is 0 Å². The predicted octanol–water partition coefficient (Wildman–Crippen LogP) is 7.04. The quantitative estimate of drug-likeness (QED) is 0.498. The molecule has 18 heavy (non-hydrogen) atoms. The Morgan fingerprint density at radius 1 is 0.611 bits per heavy atom. The minimum absolute atomic E-state index is 0.522. The van der Waals surface area contributed by atoms with E-state index in [1.165, 1.54) is 6.42 Å². The van der Waals surface area contributed by atoms with Gasteiger partial charge in [0.25, 0.3) is 0 Å². The molecule has 0 radical (unpaired) electrons. The van der Waals surface area contributed by atoms with Crippen LogP contribution in [0.15, 0.2) is 0 Å². The first-order chi connectivity index (χ1) is 7.79. The lowest BCUT2D eigenvalue weighted by Crippen LogP contribution is -2.08. The van der Waals surface area contributed by atoms with Gasteiger partial charge in [-0.25, -0.2) is 0 Å². The third kappa shape index (κ3) is 44.4. The molecule has 0 aliphatic rings. The van der Waals surface area contributed by atoms with E-state index < -0.39 is 0 Å². The molecule has 0 spiro atoms. The van der Waals surface area contributed by atoms with Crippen LogP contribution in [0.3, 0.4) is 0 Å². The van der Waals surface area contributed by atoms with Crippen LogP contribution in [0.4, 0.5) is 0 Å². The molecule has 0 aromatic heterocycles. The molecule has 0 rings (SSSR count). The Morgan fingerprint density at radius 3 is 0.833 bits per heavy atom. The molecule has 0 saturated carbocycles. The zero-order chi connectivity index (χ0) is 15.5. The molecule has 0 unspecified atom stereocenters. The monoisotopic (exact) mass is 258 g/mol. The number of hydrogen-bond donors (Lipinski definition) is 0. The molecular formula is C18H42. The van der Waals surface area contributed by atoms with Gasteiger partial charge < -0.3 is 0 Å². The van der Waals surface area contributed by atoms with Crippen LogP contribution in [-0.2, 0) is 0 Å². The van der Waals surface area contributed by atoms with Crippen LogP contribution >= 0.6 is 0 Å². The van der Waals surface area contributed by atoms with Gasteiger partial charge in [-0.3, -0.25) is 0 Å². The summed E-state index contributed by atoms with van der Waals surface area (Å²) in [4.78, 5) is 0. The average Bonchev–Trinajstić information content (AvgIpc) is 1.97. The van der Waals surface area contributed by atoms with Crippen molar-refractivity contribution < 1.29 is 0 Å². The minimum atomic E-state index is 0.522. The van der Waals surface area contributed by atoms with Crippen molar-refractivity contribution in [3.05, 3.63) is 0 Å². The van der Waals surface area contributed by atoms with E-state index in [1.54, 1.807) is 0 Å². The molecule has 0 aromatic rings. The van der Waals surface area contributed by atoms with Crippen LogP contribution in [0.5, 0.6) is 0 Å². The Bertz CT molecular complexity index is 135. The van der Waals surface area contributed by atoms with Gasteiger partial charge in [-0.05, 0) is 35.5 Å². The van der Waals surface area contributed by atoms with E-state index in [2.05, 4.69) is 83.1 Å². The maximum absolute atomic E-state index is 2.28. The summed E-state index contributed by atoms with van der Waals surface area (Å²) >= 11 is 0. The third-order valence-corrected chi connectivity index (χ3v) is 2.35. The van der Waals surface area contributed by atoms with Crippen molar-refractivity contribution in [1.82, 2.24) is 0 Å². The molecule has 0 atom stereocenters. The average molecular weight is 259 g/mol. The minimum Gasteiger partial charge on any atom is -0.0630 e. The van der Waals surface area contributed by atoms with E-state index in [0.29, 0.717) is 5.41 Å². The molecule has 0 amide bonds. The van der Waals surface area contributed by atoms with Gasteiger partial charge in [0.05, 0.1) is 0 Å². The number of hydrogen-bond acceptors (Lipinski definition) is 0. The first-order valence-electron chi connectivity index (χ1n) is 7.79. The summed E-state index contributed by atoms with van der Waals surface area (Å²) in [7, 11) is 0. The Hall–Kier alpha value is 0. The van der Waals surface area contributed by atoms with Gasteiger partial charge in [0.15, 0.2) is 0 Å². The highest BCUT2D eigenvalue weighted by atomic mass is 14.2. The van der Waals surface area contributed by atoms with Gasteiger partial charge in [-0.1, -0.05) is 83.1 Å². The van der Waals surface area contributed by atoms with Gasteiger partial charge >= 0.3 is 0 Å². The van der Waals surface area contributed by atoms with Crippen LogP contribution in [-0.4, -0.2) is 0 Å². The fraction of sp³-hybridized carbons (Fsp3) is 1.00. The van der Waals surface area contributed by atoms with E-state index in [4.69, 9.17) is 0 Å². The Labute approximate surface area is 119 Å². The van der Waals surface area contributed by atoms with Crippen molar-refractivity contribution in [2.24, 2.45) is 29.1 Å². The fourth-order valence-electron chi connectivity index (χ4n) is 1.22. The highest BCUT2D eigenvalue weighted by Crippen LogP contribution is 2.23. The van der Waals surface area contributed by atoms with Crippen molar-refractivity contribution in [2.45, 2.75) is 89.5 Å². The molecule has 0 aromatic carbocycles. The van der Waals surface area contributed by atoms with Crippen LogP contribution < -0.4 is 0 Å². The van der Waals surface area contributed by atoms with Gasteiger partial charge in [0, 0.05) is 0 Å². The lowest BCUT2D eigenvalue weighted by molar-refractivity contribution is 0.320. The lowest BCUT2D eigenvalue weighted by atomic mass is 9.86. The normalized spacial score (nSPS) is 11.3. The van der Waals surface area contributed by atoms with Crippen LogP contribution in [0, 0.1) is 29.1 Å². The molecule has 0 aliphatic heterocycles. The Morgan fingerprint density at radius 2 is 0.833 bits per heavy atom. The molecule has 0 nitrogen and oxygen atoms in total. The second kappa shape index (κ2) is 12.1. The maximum Gasteiger partial charge on any atom is -0.0380 e. The summed E-state index contributed by atoms with van der Waals surface area (Å²) in [6.07, 6.45) is 1.33. The summed E-state index contributed by atoms with van der Waals surface area (Å²) in [5.74, 6) is 3.38. The Kier molecular flexibility index (Phi) is 15.5. The molecular weight excluding hydrogens is 216 g/mol. The molecule has 0 aliphatic carbocycles. The van der Waals surface area contributed by atoms with Crippen molar-refractivity contribution in [3.8, 4) is 0 Å². The second-order valence-corrected chi connectivity index (χ2v) is 8.38. The zero-order valence-electron chi connectivity index (χ0n) is 15.5. The SMILES string of the molecule is CC(C)C.CC(C)C(C)C.CC(C)CC(C)(C)C. The highest BCUT2D eigenvalue weighted by molar-refractivity contribution is 4.62. The topological polar surface area (TPSA) is 0 Å². The third-order valence-electron chi connectivity index (χ3n) is 2.35. The van der Waals surface area contributed by atoms with Gasteiger partial charge in [-0.2, -0.15) is 0 Å². The summed E-state index contributed by atoms with van der Waals surface area (Å²) in [5, 5.41) is 0. The maximum atomic E-state index is 2.28. The molecule has 0 N–H and O–H groups in total. The van der Waals surface area contributed by atoms with Gasteiger partial charge in [0.2, 0.25) is 0 Å². The van der Waals surface area contributed by atoms with Crippen LogP contribution in [0.1, 0.15) is 89.5 Å². The van der Waals surface area contributed by atoms with Crippen LogP contribution in [0.25, 0.3) is 0 Å². The molecule has 0 fully saturated rings. The largest absolute Gasteiger partial charge is 0.0630 e. The van der Waals surface area contributed by atoms with E-state index in [-0.39, 0.29) is 0 Å². The second-order valence-electron chi connectivity index (χ2n) is 8.38. The zero-order valence-corrected chi connectivity index (χ0v) is 15.5. The summed E-state index contributed by atoms with van der Waals surface area (Å²) in [6.45, 7) is 26.9. The van der Waals surface area contributed by atoms with Crippen molar-refractivity contribution in [3.63, 3.8) is 0 Å². The first kappa shape index (κ1) is 23.1. The highest BCUT2D eigenvalue weighted by Gasteiger charge is 2.11. The summed E-state index contributed by atoms with van der Waals surface area (Å²) in [6, 6.07) is 0. The van der Waals surface area contributed by atoms with Crippen molar-refractivity contribution >= 4 is 0 Å². The molecule has 114 valence electrons. The molecule has 0 saturated heterocycles. The standard InChI is InChI=1S/C8H18.C6H14.C4H10/c1-7(2)6-8(3,4)5;1-5(2)6(3)4;1-4(2)3/h7H,6H2,1-5H3;5-6H,1-4H3;4H,1-3H3. The van der Waals surface area contributed by atoms with Crippen molar-refractivity contribution in [1.29, 1.82) is 0 Å². The van der Waals surface area contributed by atoms with E-state index in [0.717, 1.165) is 23.7 Å². The van der Waals surface area contributed by atoms with E-state index in [9.17, 15) is 0 Å². The Balaban J connectivity index is -0.000000200. The first-order valence-corrected chi connectivity index (χ1v) is 7.79. The lowest BCUT2D eigenvalue weighted by Gasteiger charge is -2.19. The van der Waals surface area contributed by atoms with Gasteiger partial charge in [-0.15, -0.1) is 0 Å². The molecule has 0 heterocycles.